The zero-order valence-corrected chi connectivity index (χ0v) is 20.9. The molecule has 10 heteroatoms. The van der Waals surface area contributed by atoms with E-state index in [-0.39, 0.29) is 11.7 Å². The first kappa shape index (κ1) is 24.8. The predicted octanol–water partition coefficient (Wildman–Crippen LogP) is 4.20. The monoisotopic (exact) mass is 503 g/mol. The quantitative estimate of drug-likeness (QED) is 0.197. The summed E-state index contributed by atoms with van der Waals surface area (Å²) in [7, 11) is 4.84. The van der Waals surface area contributed by atoms with Gasteiger partial charge in [0.05, 0.1) is 33.3 Å². The summed E-state index contributed by atoms with van der Waals surface area (Å²) in [4.78, 5) is 12.5. The number of methoxy groups -OCH3 is 3. The molecule has 0 fully saturated rings. The number of hydrogen-bond acceptors (Lipinski definition) is 8. The number of aromatic nitrogens is 3. The summed E-state index contributed by atoms with van der Waals surface area (Å²) < 4.78 is 17.6. The number of ether oxygens (including phenoxy) is 3. The van der Waals surface area contributed by atoms with Gasteiger partial charge in [0.15, 0.2) is 11.0 Å². The second-order valence-corrected chi connectivity index (χ2v) is 8.37. The molecule has 1 heterocycles. The fourth-order valence-electron chi connectivity index (χ4n) is 3.32. The minimum atomic E-state index is -0.269. The molecular weight excluding hydrogens is 478 g/mol. The molecule has 0 aliphatic rings. The lowest BCUT2D eigenvalue weighted by atomic mass is 10.2. The number of benzene rings is 3. The Bertz CT molecular complexity index is 1340. The maximum Gasteiger partial charge on any atom is 0.250 e. The van der Waals surface area contributed by atoms with E-state index in [1.807, 2.05) is 77.4 Å². The van der Waals surface area contributed by atoms with Crippen molar-refractivity contribution in [2.75, 3.05) is 27.1 Å². The fourth-order valence-corrected chi connectivity index (χ4v) is 4.06. The topological polar surface area (TPSA) is 99.9 Å². The van der Waals surface area contributed by atoms with Gasteiger partial charge in [-0.2, -0.15) is 5.10 Å². The van der Waals surface area contributed by atoms with Gasteiger partial charge in [0.1, 0.15) is 17.2 Å². The van der Waals surface area contributed by atoms with Gasteiger partial charge in [-0.05, 0) is 66.2 Å². The second-order valence-electron chi connectivity index (χ2n) is 7.43. The zero-order valence-electron chi connectivity index (χ0n) is 20.0. The van der Waals surface area contributed by atoms with E-state index in [1.165, 1.54) is 11.8 Å². The molecule has 1 amide bonds. The van der Waals surface area contributed by atoms with E-state index < -0.39 is 0 Å². The van der Waals surface area contributed by atoms with Gasteiger partial charge < -0.3 is 14.2 Å². The highest BCUT2D eigenvalue weighted by Crippen LogP contribution is 2.29. The summed E-state index contributed by atoms with van der Waals surface area (Å²) in [6.45, 7) is 0. The van der Waals surface area contributed by atoms with Crippen molar-refractivity contribution in [3.63, 3.8) is 0 Å². The van der Waals surface area contributed by atoms with Gasteiger partial charge in [0, 0.05) is 11.3 Å². The largest absolute Gasteiger partial charge is 0.497 e. The number of carbonyl (C=O) groups excluding carboxylic acids is 1. The van der Waals surface area contributed by atoms with Crippen molar-refractivity contribution in [1.82, 2.24) is 20.2 Å². The van der Waals surface area contributed by atoms with E-state index in [2.05, 4.69) is 20.7 Å². The lowest BCUT2D eigenvalue weighted by Crippen LogP contribution is -2.20. The van der Waals surface area contributed by atoms with Crippen molar-refractivity contribution in [1.29, 1.82) is 0 Å². The first-order chi connectivity index (χ1) is 17.6. The Morgan fingerprint density at radius 1 is 0.917 bits per heavy atom. The molecule has 3 aromatic carbocycles. The molecule has 1 aromatic heterocycles. The SMILES string of the molecule is COc1ccc(-c2nnc(SCC(=O)NN=Cc3cccc(OC)c3)n2-c2ccc(OC)cc2)cc1. The van der Waals surface area contributed by atoms with Crippen molar-refractivity contribution < 1.29 is 19.0 Å². The van der Waals surface area contributed by atoms with Gasteiger partial charge in [0.25, 0.3) is 5.91 Å². The molecule has 0 aliphatic carbocycles. The highest BCUT2D eigenvalue weighted by molar-refractivity contribution is 7.99. The second kappa shape index (κ2) is 11.9. The van der Waals surface area contributed by atoms with Crippen LogP contribution in [0.15, 0.2) is 83.1 Å². The summed E-state index contributed by atoms with van der Waals surface area (Å²) in [6.07, 6.45) is 1.56. The Morgan fingerprint density at radius 2 is 1.58 bits per heavy atom. The number of carbonyl (C=O) groups is 1. The van der Waals surface area contributed by atoms with Gasteiger partial charge >= 0.3 is 0 Å². The van der Waals surface area contributed by atoms with Crippen LogP contribution in [0.2, 0.25) is 0 Å². The van der Waals surface area contributed by atoms with Crippen LogP contribution >= 0.6 is 11.8 Å². The Balaban J connectivity index is 1.51. The average Bonchev–Trinajstić information content (AvgIpc) is 3.36. The molecule has 0 unspecified atom stereocenters. The smallest absolute Gasteiger partial charge is 0.250 e. The fraction of sp³-hybridized carbons (Fsp3) is 0.154. The zero-order chi connectivity index (χ0) is 25.3. The van der Waals surface area contributed by atoms with Crippen LogP contribution in [0.3, 0.4) is 0 Å². The van der Waals surface area contributed by atoms with Crippen molar-refractivity contribution in [2.45, 2.75) is 5.16 Å². The summed E-state index contributed by atoms with van der Waals surface area (Å²) in [5.74, 6) is 2.67. The number of amides is 1. The molecule has 36 heavy (non-hydrogen) atoms. The van der Waals surface area contributed by atoms with Crippen molar-refractivity contribution in [2.24, 2.45) is 5.10 Å². The Morgan fingerprint density at radius 3 is 2.25 bits per heavy atom. The molecule has 4 rings (SSSR count). The van der Waals surface area contributed by atoms with Crippen molar-refractivity contribution in [3.8, 4) is 34.3 Å². The number of thioether (sulfide) groups is 1. The highest BCUT2D eigenvalue weighted by atomic mass is 32.2. The minimum absolute atomic E-state index is 0.104. The van der Waals surface area contributed by atoms with Crippen LogP contribution in [0.5, 0.6) is 17.2 Å². The van der Waals surface area contributed by atoms with Gasteiger partial charge in [-0.15, -0.1) is 10.2 Å². The van der Waals surface area contributed by atoms with Crippen LogP contribution in [-0.4, -0.2) is 54.0 Å². The van der Waals surface area contributed by atoms with E-state index in [0.717, 1.165) is 28.3 Å². The molecule has 0 saturated carbocycles. The first-order valence-corrected chi connectivity index (χ1v) is 11.9. The predicted molar refractivity (Wildman–Crippen MR) is 139 cm³/mol. The van der Waals surface area contributed by atoms with Crippen LogP contribution in [0.1, 0.15) is 5.56 Å². The maximum absolute atomic E-state index is 12.5. The summed E-state index contributed by atoms with van der Waals surface area (Å²) >= 11 is 1.26. The van der Waals surface area contributed by atoms with Gasteiger partial charge in [-0.25, -0.2) is 5.43 Å². The van der Waals surface area contributed by atoms with Gasteiger partial charge in [0.2, 0.25) is 0 Å². The number of hydrogen-bond donors (Lipinski definition) is 1. The normalized spacial score (nSPS) is 10.9. The maximum atomic E-state index is 12.5. The van der Waals surface area contributed by atoms with Crippen LogP contribution in [0.25, 0.3) is 17.1 Å². The van der Waals surface area contributed by atoms with Crippen LogP contribution in [-0.2, 0) is 4.79 Å². The van der Waals surface area contributed by atoms with Crippen LogP contribution < -0.4 is 19.6 Å². The van der Waals surface area contributed by atoms with Crippen LogP contribution in [0.4, 0.5) is 0 Å². The molecule has 4 aromatic rings. The third-order valence-corrected chi connectivity index (χ3v) is 6.07. The Labute approximate surface area is 213 Å². The van der Waals surface area contributed by atoms with Gasteiger partial charge in [-0.3, -0.25) is 9.36 Å². The lowest BCUT2D eigenvalue weighted by molar-refractivity contribution is -0.118. The van der Waals surface area contributed by atoms with E-state index in [1.54, 1.807) is 27.5 Å². The minimum Gasteiger partial charge on any atom is -0.497 e. The molecule has 0 spiro atoms. The number of hydrazone groups is 1. The first-order valence-electron chi connectivity index (χ1n) is 10.9. The lowest BCUT2D eigenvalue weighted by Gasteiger charge is -2.11. The molecule has 0 atom stereocenters. The third-order valence-electron chi connectivity index (χ3n) is 5.14. The summed E-state index contributed by atoms with van der Waals surface area (Å²) in [5, 5.41) is 13.4. The number of rotatable bonds is 10. The molecule has 0 saturated heterocycles. The summed E-state index contributed by atoms with van der Waals surface area (Å²) in [5.41, 5.74) is 5.05. The Hall–Kier alpha value is -4.31. The molecule has 9 nitrogen and oxygen atoms in total. The number of nitrogens with one attached hydrogen (secondary N) is 1. The van der Waals surface area contributed by atoms with E-state index in [9.17, 15) is 4.79 Å². The molecule has 0 aliphatic heterocycles. The average molecular weight is 504 g/mol. The molecule has 184 valence electrons. The van der Waals surface area contributed by atoms with Crippen molar-refractivity contribution >= 4 is 23.9 Å². The molecule has 1 N–H and O–H groups in total. The van der Waals surface area contributed by atoms with Crippen molar-refractivity contribution in [3.05, 3.63) is 78.4 Å². The highest BCUT2D eigenvalue weighted by Gasteiger charge is 2.17. The van der Waals surface area contributed by atoms with E-state index >= 15 is 0 Å². The van der Waals surface area contributed by atoms with E-state index in [0.29, 0.717) is 16.7 Å². The molecule has 0 radical (unpaired) electrons. The van der Waals surface area contributed by atoms with Gasteiger partial charge in [-0.1, -0.05) is 23.9 Å². The Kier molecular flexibility index (Phi) is 8.20. The van der Waals surface area contributed by atoms with Crippen LogP contribution in [0, 0.1) is 0 Å². The standard InChI is InChI=1S/C26H25N5O4S/c1-33-21-11-7-19(8-12-21)25-29-30-26(31(25)20-9-13-22(34-2)14-10-20)36-17-24(32)28-27-16-18-5-4-6-23(15-18)35-3/h4-16H,17H2,1-3H3,(H,28,32). The third kappa shape index (κ3) is 6.02. The summed E-state index contributed by atoms with van der Waals surface area (Å²) in [6, 6.07) is 22.5. The number of nitrogens with zero attached hydrogens (tertiary/aromatic N) is 4. The molecule has 0 bridgehead atoms. The molecular formula is C26H25N5O4S. The van der Waals surface area contributed by atoms with E-state index in [4.69, 9.17) is 14.2 Å².